The van der Waals surface area contributed by atoms with Gasteiger partial charge in [-0.2, -0.15) is 8.70 Å². The fraction of sp³-hybridized carbons (Fsp3) is 0.353. The van der Waals surface area contributed by atoms with E-state index in [0.717, 1.165) is 10.5 Å². The molecule has 0 saturated carbocycles. The first-order chi connectivity index (χ1) is 14.3. The van der Waals surface area contributed by atoms with Gasteiger partial charge in [-0.05, 0) is 12.1 Å². The molecule has 13 heteroatoms. The average molecular weight is 463 g/mol. The number of sulfonamides is 1. The predicted octanol–water partition coefficient (Wildman–Crippen LogP) is 0.883. The van der Waals surface area contributed by atoms with Crippen molar-refractivity contribution in [3.8, 4) is 0 Å². The van der Waals surface area contributed by atoms with Gasteiger partial charge in [0.2, 0.25) is 10.0 Å². The first-order valence-electron chi connectivity index (χ1n) is 8.70. The number of halogens is 1. The van der Waals surface area contributed by atoms with E-state index in [1.807, 2.05) is 0 Å². The van der Waals surface area contributed by atoms with Crippen LogP contribution in [0.15, 0.2) is 40.5 Å². The number of carbonyl (C=O) groups is 1. The number of aliphatic hydroxyl groups is 2. The molecule has 0 saturated heterocycles. The highest BCUT2D eigenvalue weighted by atomic mass is 32.2. The molecule has 0 atom stereocenters. The van der Waals surface area contributed by atoms with Gasteiger partial charge in [0, 0.05) is 33.6 Å². The number of nitrogens with one attached hydrogen (secondary N) is 1. The predicted molar refractivity (Wildman–Crippen MR) is 110 cm³/mol. The van der Waals surface area contributed by atoms with Gasteiger partial charge in [-0.25, -0.2) is 13.4 Å². The number of oxime groups is 1. The van der Waals surface area contributed by atoms with Gasteiger partial charge >= 0.3 is 0 Å². The lowest BCUT2D eigenvalue weighted by atomic mass is 10.1. The summed E-state index contributed by atoms with van der Waals surface area (Å²) < 4.78 is 39.0. The Bertz CT molecular complexity index is 985. The maximum Gasteiger partial charge on any atom is 0.280 e. The maximum absolute atomic E-state index is 13.1. The van der Waals surface area contributed by atoms with Crippen molar-refractivity contribution < 1.29 is 34.1 Å². The number of carbonyl (C=O) groups excluding carboxylic acids is 1. The number of hydrogen-bond donors (Lipinski definition) is 3. The van der Waals surface area contributed by atoms with Gasteiger partial charge in [-0.15, -0.1) is 0 Å². The molecular formula is C17H23FN4O6S2. The zero-order valence-corrected chi connectivity index (χ0v) is 17.6. The summed E-state index contributed by atoms with van der Waals surface area (Å²) in [6, 6.07) is 5.32. The molecule has 0 unspecified atom stereocenters. The molecule has 0 radical (unpaired) electrons. The number of aromatic nitrogens is 1. The van der Waals surface area contributed by atoms with Crippen LogP contribution in [0.1, 0.15) is 13.4 Å². The van der Waals surface area contributed by atoms with Gasteiger partial charge in [0.25, 0.3) is 5.91 Å². The van der Waals surface area contributed by atoms with E-state index in [1.54, 1.807) is 0 Å². The molecule has 0 fully saturated rings. The summed E-state index contributed by atoms with van der Waals surface area (Å²) >= 11 is 0.630. The summed E-state index contributed by atoms with van der Waals surface area (Å²) in [6.07, 6.45) is 1.25. The van der Waals surface area contributed by atoms with E-state index in [0.29, 0.717) is 17.8 Å². The van der Waals surface area contributed by atoms with Gasteiger partial charge in [0.1, 0.15) is 6.61 Å². The van der Waals surface area contributed by atoms with E-state index in [2.05, 4.69) is 15.5 Å². The molecule has 30 heavy (non-hydrogen) atoms. The Balaban J connectivity index is 0.00000480. The molecule has 0 aliphatic rings. The summed E-state index contributed by atoms with van der Waals surface area (Å²) in [5, 5.41) is 23.4. The Labute approximate surface area is 178 Å². The first-order valence-corrected chi connectivity index (χ1v) is 11.0. The summed E-state index contributed by atoms with van der Waals surface area (Å²) in [6.45, 7) is -0.462. The van der Waals surface area contributed by atoms with Crippen LogP contribution in [0.5, 0.6) is 0 Å². The molecule has 1 aromatic heterocycles. The Kier molecular flexibility index (Phi) is 8.80. The van der Waals surface area contributed by atoms with E-state index in [4.69, 9.17) is 15.1 Å². The first kappa shape index (κ1) is 23.8. The second-order valence-electron chi connectivity index (χ2n) is 5.85. The Morgan fingerprint density at radius 1 is 1.33 bits per heavy atom. The highest BCUT2D eigenvalue weighted by Gasteiger charge is 2.22. The van der Waals surface area contributed by atoms with Gasteiger partial charge in [-0.3, -0.25) is 10.1 Å². The molecule has 2 rings (SSSR count). The Hall–Kier alpha value is -2.45. The number of aliphatic hydroxyl groups excluding tert-OH is 2. The van der Waals surface area contributed by atoms with Crippen molar-refractivity contribution in [2.75, 3.05) is 38.7 Å². The van der Waals surface area contributed by atoms with Crippen molar-refractivity contribution in [1.29, 1.82) is 0 Å². The van der Waals surface area contributed by atoms with Crippen LogP contribution in [0.2, 0.25) is 0 Å². The minimum absolute atomic E-state index is 0. The van der Waals surface area contributed by atoms with Gasteiger partial charge in [0.05, 0.1) is 17.7 Å². The lowest BCUT2D eigenvalue weighted by Gasteiger charge is -2.16. The molecule has 1 heterocycles. The molecule has 1 aromatic carbocycles. The Morgan fingerprint density at radius 2 is 2.03 bits per heavy atom. The SMILES string of the molecule is CN(CCO)S(=O)(=O)c1ccc(/C(=N\OCCCO)C(=O)Nc2ncc(F)s2)cc1.[HH]. The molecular weight excluding hydrogens is 439 g/mol. The van der Waals surface area contributed by atoms with E-state index in [1.165, 1.54) is 31.3 Å². The van der Waals surface area contributed by atoms with Crippen LogP contribution in [-0.2, 0) is 19.7 Å². The maximum atomic E-state index is 13.1. The molecule has 0 bridgehead atoms. The number of rotatable bonds is 11. The largest absolute Gasteiger partial charge is 0.396 e. The highest BCUT2D eigenvalue weighted by molar-refractivity contribution is 7.89. The number of thiazole rings is 1. The number of hydrogen-bond acceptors (Lipinski definition) is 9. The zero-order chi connectivity index (χ0) is 22.1. The molecule has 1 amide bonds. The van der Waals surface area contributed by atoms with Crippen molar-refractivity contribution in [3.63, 3.8) is 0 Å². The average Bonchev–Trinajstić information content (AvgIpc) is 3.12. The van der Waals surface area contributed by atoms with Crippen LogP contribution in [-0.4, -0.2) is 73.0 Å². The molecule has 3 N–H and O–H groups in total. The third-order valence-corrected chi connectivity index (χ3v) is 6.29. The lowest BCUT2D eigenvalue weighted by Crippen LogP contribution is -2.29. The smallest absolute Gasteiger partial charge is 0.280 e. The van der Waals surface area contributed by atoms with Crippen LogP contribution in [0, 0.1) is 5.13 Å². The summed E-state index contributed by atoms with van der Waals surface area (Å²) in [5.41, 5.74) is 0.0634. The summed E-state index contributed by atoms with van der Waals surface area (Å²) in [7, 11) is -2.47. The quantitative estimate of drug-likeness (QED) is 0.256. The standard InChI is InChI=1S/C17H21FN4O6S2.H2/c1-22(7-9-24)30(26,27)13-5-3-12(4-6-13)15(21-28-10-2-8-23)16(25)20-17-19-11-14(18)29-17;/h3-6,11,23-24H,2,7-10H2,1H3,(H,19,20,25);1H/b21-15+;. The normalized spacial score (nSPS) is 12.2. The van der Waals surface area contributed by atoms with Crippen molar-refractivity contribution >= 4 is 38.1 Å². The lowest BCUT2D eigenvalue weighted by molar-refractivity contribution is -0.110. The molecule has 0 aliphatic heterocycles. The highest BCUT2D eigenvalue weighted by Crippen LogP contribution is 2.18. The zero-order valence-electron chi connectivity index (χ0n) is 16.0. The van der Waals surface area contributed by atoms with Gasteiger partial charge in [0.15, 0.2) is 16.0 Å². The number of benzene rings is 1. The minimum atomic E-state index is -3.81. The van der Waals surface area contributed by atoms with Crippen molar-refractivity contribution in [3.05, 3.63) is 41.2 Å². The van der Waals surface area contributed by atoms with Crippen LogP contribution in [0.25, 0.3) is 0 Å². The van der Waals surface area contributed by atoms with E-state index >= 15 is 0 Å². The van der Waals surface area contributed by atoms with E-state index in [-0.39, 0.29) is 49.1 Å². The third-order valence-electron chi connectivity index (χ3n) is 3.71. The number of nitrogens with zero attached hydrogens (tertiary/aromatic N) is 3. The fourth-order valence-electron chi connectivity index (χ4n) is 2.16. The Morgan fingerprint density at radius 3 is 2.60 bits per heavy atom. The third kappa shape index (κ3) is 6.27. The molecule has 0 aliphatic carbocycles. The van der Waals surface area contributed by atoms with Gasteiger partial charge < -0.3 is 15.1 Å². The van der Waals surface area contributed by atoms with Gasteiger partial charge in [-0.1, -0.05) is 28.6 Å². The minimum Gasteiger partial charge on any atom is -0.396 e. The summed E-state index contributed by atoms with van der Waals surface area (Å²) in [4.78, 5) is 21.3. The molecule has 10 nitrogen and oxygen atoms in total. The van der Waals surface area contributed by atoms with E-state index < -0.39 is 21.1 Å². The topological polar surface area (TPSA) is 141 Å². The molecule has 0 spiro atoms. The summed E-state index contributed by atoms with van der Waals surface area (Å²) in [5.74, 6) is -0.735. The number of amides is 1. The fourth-order valence-corrected chi connectivity index (χ4v) is 3.86. The van der Waals surface area contributed by atoms with Crippen molar-refractivity contribution in [2.24, 2.45) is 5.16 Å². The number of likely N-dealkylation sites (N-methyl/N-ethyl adjacent to an activating group) is 1. The number of anilines is 1. The monoisotopic (exact) mass is 462 g/mol. The molecule has 166 valence electrons. The van der Waals surface area contributed by atoms with Crippen LogP contribution in [0.3, 0.4) is 0 Å². The van der Waals surface area contributed by atoms with Crippen LogP contribution >= 0.6 is 11.3 Å². The van der Waals surface area contributed by atoms with Crippen LogP contribution in [0.4, 0.5) is 9.52 Å². The second-order valence-corrected chi connectivity index (χ2v) is 8.87. The van der Waals surface area contributed by atoms with E-state index in [9.17, 15) is 17.6 Å². The molecule has 2 aromatic rings. The van der Waals surface area contributed by atoms with Crippen LogP contribution < -0.4 is 5.32 Å². The second kappa shape index (κ2) is 11.1. The van der Waals surface area contributed by atoms with Crippen molar-refractivity contribution in [1.82, 2.24) is 9.29 Å². The van der Waals surface area contributed by atoms with Crippen molar-refractivity contribution in [2.45, 2.75) is 11.3 Å².